The topological polar surface area (TPSA) is 50.4 Å². The zero-order chi connectivity index (χ0) is 14.7. The van der Waals surface area contributed by atoms with Crippen molar-refractivity contribution in [1.29, 1.82) is 0 Å². The van der Waals surface area contributed by atoms with Crippen LogP contribution in [0.5, 0.6) is 0 Å². The molecule has 4 heteroatoms. The van der Waals surface area contributed by atoms with Crippen LogP contribution in [0.15, 0.2) is 18.2 Å². The summed E-state index contributed by atoms with van der Waals surface area (Å²) in [5, 5.41) is 6.69. The first-order valence-corrected chi connectivity index (χ1v) is 8.00. The van der Waals surface area contributed by atoms with Gasteiger partial charge in [0.1, 0.15) is 0 Å². The molecular formula is C17H24N2O2. The lowest BCUT2D eigenvalue weighted by atomic mass is 9.97. The molecule has 2 unspecified atom stereocenters. The Morgan fingerprint density at radius 1 is 1.48 bits per heavy atom. The van der Waals surface area contributed by atoms with Gasteiger partial charge in [0.2, 0.25) is 0 Å². The van der Waals surface area contributed by atoms with Crippen molar-refractivity contribution in [3.63, 3.8) is 0 Å². The molecule has 4 nitrogen and oxygen atoms in total. The summed E-state index contributed by atoms with van der Waals surface area (Å²) in [4.78, 5) is 12.5. The van der Waals surface area contributed by atoms with E-state index in [1.54, 1.807) is 0 Å². The molecule has 114 valence electrons. The Labute approximate surface area is 126 Å². The summed E-state index contributed by atoms with van der Waals surface area (Å²) in [6.07, 6.45) is 4.69. The van der Waals surface area contributed by atoms with Crippen LogP contribution in [0.2, 0.25) is 0 Å². The van der Waals surface area contributed by atoms with Gasteiger partial charge in [-0.25, -0.2) is 0 Å². The number of anilines is 1. The predicted molar refractivity (Wildman–Crippen MR) is 84.0 cm³/mol. The van der Waals surface area contributed by atoms with Gasteiger partial charge >= 0.3 is 0 Å². The first kappa shape index (κ1) is 14.5. The molecule has 0 amide bonds. The van der Waals surface area contributed by atoms with Gasteiger partial charge in [-0.05, 0) is 56.4 Å². The SMILES string of the molecule is CC(NCC1CCCO1)C(=O)c1ccc2c(c1)CCCN2. The van der Waals surface area contributed by atoms with Crippen LogP contribution in [0.1, 0.15) is 42.1 Å². The third-order valence-corrected chi connectivity index (χ3v) is 4.40. The van der Waals surface area contributed by atoms with E-state index < -0.39 is 0 Å². The normalized spacial score (nSPS) is 22.4. The number of hydrogen-bond donors (Lipinski definition) is 2. The zero-order valence-electron chi connectivity index (χ0n) is 12.7. The van der Waals surface area contributed by atoms with Gasteiger partial charge in [0.25, 0.3) is 0 Å². The first-order chi connectivity index (χ1) is 10.2. The van der Waals surface area contributed by atoms with Gasteiger partial charge in [-0.2, -0.15) is 0 Å². The summed E-state index contributed by atoms with van der Waals surface area (Å²) in [6.45, 7) is 4.58. The van der Waals surface area contributed by atoms with Crippen molar-refractivity contribution in [2.24, 2.45) is 0 Å². The second-order valence-corrected chi connectivity index (χ2v) is 6.03. The van der Waals surface area contributed by atoms with Crippen LogP contribution >= 0.6 is 0 Å². The Hall–Kier alpha value is -1.39. The van der Waals surface area contributed by atoms with Crippen LogP contribution in [0, 0.1) is 0 Å². The minimum atomic E-state index is -0.163. The fourth-order valence-electron chi connectivity index (χ4n) is 3.08. The van der Waals surface area contributed by atoms with Crippen LogP contribution < -0.4 is 10.6 Å². The van der Waals surface area contributed by atoms with E-state index in [2.05, 4.69) is 10.6 Å². The number of carbonyl (C=O) groups is 1. The highest BCUT2D eigenvalue weighted by Crippen LogP contribution is 2.23. The highest BCUT2D eigenvalue weighted by atomic mass is 16.5. The van der Waals surface area contributed by atoms with E-state index in [4.69, 9.17) is 4.74 Å². The lowest BCUT2D eigenvalue weighted by Gasteiger charge is -2.20. The van der Waals surface area contributed by atoms with Crippen molar-refractivity contribution in [2.75, 3.05) is 25.0 Å². The molecular weight excluding hydrogens is 264 g/mol. The summed E-state index contributed by atoms with van der Waals surface area (Å²) < 4.78 is 5.58. The molecule has 0 aromatic heterocycles. The van der Waals surface area contributed by atoms with Gasteiger partial charge in [0, 0.05) is 30.9 Å². The molecule has 0 aliphatic carbocycles. The summed E-state index contributed by atoms with van der Waals surface area (Å²) in [7, 11) is 0. The number of ether oxygens (including phenoxy) is 1. The summed E-state index contributed by atoms with van der Waals surface area (Å²) >= 11 is 0. The molecule has 0 radical (unpaired) electrons. The van der Waals surface area contributed by atoms with Crippen LogP contribution in [-0.4, -0.2) is 37.6 Å². The zero-order valence-corrected chi connectivity index (χ0v) is 12.7. The molecule has 0 spiro atoms. The van der Waals surface area contributed by atoms with E-state index in [0.29, 0.717) is 0 Å². The summed E-state index contributed by atoms with van der Waals surface area (Å²) in [5.41, 5.74) is 3.25. The second-order valence-electron chi connectivity index (χ2n) is 6.03. The van der Waals surface area contributed by atoms with Crippen LogP contribution in [0.4, 0.5) is 5.69 Å². The highest BCUT2D eigenvalue weighted by Gasteiger charge is 2.20. The Kier molecular flexibility index (Phi) is 4.56. The standard InChI is InChI=1S/C17H24N2O2/c1-12(19-11-15-5-3-9-21-15)17(20)14-6-7-16-13(10-14)4-2-8-18-16/h6-7,10,12,15,18-19H,2-5,8-9,11H2,1H3. The molecule has 0 bridgehead atoms. The average molecular weight is 288 g/mol. The lowest BCUT2D eigenvalue weighted by Crippen LogP contribution is -2.38. The molecule has 2 aliphatic heterocycles. The third-order valence-electron chi connectivity index (χ3n) is 4.40. The van der Waals surface area contributed by atoms with E-state index in [-0.39, 0.29) is 17.9 Å². The Morgan fingerprint density at radius 3 is 3.19 bits per heavy atom. The quantitative estimate of drug-likeness (QED) is 0.817. The van der Waals surface area contributed by atoms with E-state index in [1.807, 2.05) is 25.1 Å². The van der Waals surface area contributed by atoms with Crippen molar-refractivity contribution in [3.05, 3.63) is 29.3 Å². The van der Waals surface area contributed by atoms with Crippen molar-refractivity contribution >= 4 is 11.5 Å². The molecule has 1 saturated heterocycles. The predicted octanol–water partition coefficient (Wildman–Crippen LogP) is 2.38. The van der Waals surface area contributed by atoms with Gasteiger partial charge in [0.05, 0.1) is 12.1 Å². The van der Waals surface area contributed by atoms with Gasteiger partial charge in [-0.3, -0.25) is 4.79 Å². The molecule has 2 atom stereocenters. The van der Waals surface area contributed by atoms with Crippen LogP contribution in [0.3, 0.4) is 0 Å². The molecule has 1 fully saturated rings. The van der Waals surface area contributed by atoms with E-state index in [9.17, 15) is 4.79 Å². The smallest absolute Gasteiger partial charge is 0.179 e. The molecule has 1 aromatic carbocycles. The molecule has 3 rings (SSSR count). The second kappa shape index (κ2) is 6.58. The van der Waals surface area contributed by atoms with E-state index in [1.165, 1.54) is 11.3 Å². The number of ketones is 1. The number of nitrogens with one attached hydrogen (secondary N) is 2. The van der Waals surface area contributed by atoms with Crippen molar-refractivity contribution in [1.82, 2.24) is 5.32 Å². The minimum Gasteiger partial charge on any atom is -0.385 e. The number of rotatable bonds is 5. The number of aryl methyl sites for hydroxylation is 1. The van der Waals surface area contributed by atoms with Crippen LogP contribution in [0.25, 0.3) is 0 Å². The molecule has 1 aromatic rings. The van der Waals surface area contributed by atoms with E-state index >= 15 is 0 Å². The number of hydrogen-bond acceptors (Lipinski definition) is 4. The fourth-order valence-corrected chi connectivity index (χ4v) is 3.08. The maximum atomic E-state index is 12.5. The van der Waals surface area contributed by atoms with Gasteiger partial charge < -0.3 is 15.4 Å². The Bertz CT molecular complexity index is 510. The molecule has 0 saturated carbocycles. The average Bonchev–Trinajstić information content (AvgIpc) is 3.05. The monoisotopic (exact) mass is 288 g/mol. The van der Waals surface area contributed by atoms with Crippen molar-refractivity contribution in [2.45, 2.75) is 44.8 Å². The van der Waals surface area contributed by atoms with Crippen molar-refractivity contribution in [3.8, 4) is 0 Å². The summed E-state index contributed by atoms with van der Waals surface area (Å²) in [5.74, 6) is 0.168. The van der Waals surface area contributed by atoms with Gasteiger partial charge in [0.15, 0.2) is 5.78 Å². The highest BCUT2D eigenvalue weighted by molar-refractivity contribution is 6.00. The molecule has 21 heavy (non-hydrogen) atoms. The van der Waals surface area contributed by atoms with Gasteiger partial charge in [-0.1, -0.05) is 0 Å². The number of benzene rings is 1. The maximum absolute atomic E-state index is 12.5. The fraction of sp³-hybridized carbons (Fsp3) is 0.588. The lowest BCUT2D eigenvalue weighted by molar-refractivity contribution is 0.0902. The van der Waals surface area contributed by atoms with Gasteiger partial charge in [-0.15, -0.1) is 0 Å². The Balaban J connectivity index is 1.60. The minimum absolute atomic E-state index is 0.163. The van der Waals surface area contributed by atoms with Crippen molar-refractivity contribution < 1.29 is 9.53 Å². The molecule has 2 heterocycles. The molecule has 2 aliphatic rings. The number of fused-ring (bicyclic) bond motifs is 1. The number of carbonyl (C=O) groups excluding carboxylic acids is 1. The Morgan fingerprint density at radius 2 is 2.38 bits per heavy atom. The first-order valence-electron chi connectivity index (χ1n) is 8.00. The van der Waals surface area contributed by atoms with E-state index in [0.717, 1.165) is 50.9 Å². The largest absolute Gasteiger partial charge is 0.385 e. The molecule has 2 N–H and O–H groups in total. The van der Waals surface area contributed by atoms with Crippen LogP contribution in [-0.2, 0) is 11.2 Å². The third kappa shape index (κ3) is 3.44. The summed E-state index contributed by atoms with van der Waals surface area (Å²) in [6, 6.07) is 5.86. The maximum Gasteiger partial charge on any atom is 0.179 e. The number of Topliss-reactive ketones (excluding diaryl/α,β-unsaturated/α-hetero) is 1.